The third-order valence-corrected chi connectivity index (χ3v) is 3.64. The van der Waals surface area contributed by atoms with Crippen molar-refractivity contribution < 1.29 is 5.11 Å². The Labute approximate surface area is 84.8 Å². The fourth-order valence-electron chi connectivity index (χ4n) is 2.86. The van der Waals surface area contributed by atoms with E-state index in [9.17, 15) is 5.11 Å². The zero-order chi connectivity index (χ0) is 9.54. The Morgan fingerprint density at radius 2 is 1.64 bits per heavy atom. The third kappa shape index (κ3) is 1.19. The summed E-state index contributed by atoms with van der Waals surface area (Å²) < 4.78 is 0. The predicted molar refractivity (Wildman–Crippen MR) is 56.4 cm³/mol. The summed E-state index contributed by atoms with van der Waals surface area (Å²) in [5.41, 5.74) is 5.66. The monoisotopic (exact) mass is 188 g/mol. The number of rotatable bonds is 0. The molecule has 1 aromatic carbocycles. The maximum Gasteiger partial charge on any atom is 0.0792 e. The molecule has 1 N–H and O–H groups in total. The molecule has 1 nitrogen and oxygen atoms in total. The number of aliphatic hydroxyl groups excluding tert-OH is 1. The molecule has 2 aliphatic carbocycles. The quantitative estimate of drug-likeness (QED) is 0.663. The van der Waals surface area contributed by atoms with Gasteiger partial charge < -0.3 is 5.11 Å². The lowest BCUT2D eigenvalue weighted by atomic mass is 9.87. The summed E-state index contributed by atoms with van der Waals surface area (Å²) in [5.74, 6) is 0. The van der Waals surface area contributed by atoms with Crippen molar-refractivity contribution in [3.05, 3.63) is 34.4 Å². The van der Waals surface area contributed by atoms with Crippen LogP contribution in [0.3, 0.4) is 0 Å². The molecule has 1 aromatic rings. The zero-order valence-electron chi connectivity index (χ0n) is 8.42. The maximum atomic E-state index is 9.89. The molecule has 1 unspecified atom stereocenters. The third-order valence-electron chi connectivity index (χ3n) is 3.64. The van der Waals surface area contributed by atoms with Crippen LogP contribution in [0, 0.1) is 0 Å². The van der Waals surface area contributed by atoms with Crippen LogP contribution in [-0.2, 0) is 19.3 Å². The SMILES string of the molecule is OC1CCCc2cc3c(cc21)CCC3. The van der Waals surface area contributed by atoms with Crippen LogP contribution in [0.15, 0.2) is 12.1 Å². The van der Waals surface area contributed by atoms with Gasteiger partial charge in [0.1, 0.15) is 0 Å². The van der Waals surface area contributed by atoms with Gasteiger partial charge in [0.2, 0.25) is 0 Å². The summed E-state index contributed by atoms with van der Waals surface area (Å²) >= 11 is 0. The molecule has 0 radical (unpaired) electrons. The zero-order valence-corrected chi connectivity index (χ0v) is 8.42. The van der Waals surface area contributed by atoms with E-state index in [1.165, 1.54) is 47.9 Å². The Morgan fingerprint density at radius 1 is 0.929 bits per heavy atom. The molecular weight excluding hydrogens is 172 g/mol. The number of fused-ring (bicyclic) bond motifs is 2. The van der Waals surface area contributed by atoms with Crippen LogP contribution in [0.1, 0.15) is 47.6 Å². The number of hydrogen-bond donors (Lipinski definition) is 1. The lowest BCUT2D eigenvalue weighted by Crippen LogP contribution is -2.10. The van der Waals surface area contributed by atoms with Crippen LogP contribution in [-0.4, -0.2) is 5.11 Å². The first-order valence-corrected chi connectivity index (χ1v) is 5.67. The number of hydrogen-bond acceptors (Lipinski definition) is 1. The van der Waals surface area contributed by atoms with Crippen LogP contribution in [0.4, 0.5) is 0 Å². The molecule has 0 saturated heterocycles. The van der Waals surface area contributed by atoms with E-state index in [1.54, 1.807) is 0 Å². The molecule has 0 amide bonds. The highest BCUT2D eigenvalue weighted by atomic mass is 16.3. The summed E-state index contributed by atoms with van der Waals surface area (Å²) in [7, 11) is 0. The summed E-state index contributed by atoms with van der Waals surface area (Å²) in [5, 5.41) is 9.89. The van der Waals surface area contributed by atoms with Crippen molar-refractivity contribution >= 4 is 0 Å². The van der Waals surface area contributed by atoms with Gasteiger partial charge in [0.05, 0.1) is 6.10 Å². The molecule has 0 aromatic heterocycles. The second kappa shape index (κ2) is 3.09. The van der Waals surface area contributed by atoms with Crippen molar-refractivity contribution in [2.24, 2.45) is 0 Å². The standard InChI is InChI=1S/C13H16O/c14-13-6-2-5-11-7-9-3-1-4-10(9)8-12(11)13/h7-8,13-14H,1-6H2. The number of aliphatic hydroxyl groups is 1. The van der Waals surface area contributed by atoms with E-state index in [2.05, 4.69) is 12.1 Å². The molecule has 14 heavy (non-hydrogen) atoms. The molecule has 1 heteroatoms. The molecule has 0 heterocycles. The molecule has 0 saturated carbocycles. The minimum atomic E-state index is -0.190. The molecule has 0 fully saturated rings. The second-order valence-electron chi connectivity index (χ2n) is 4.58. The van der Waals surface area contributed by atoms with E-state index in [0.29, 0.717) is 0 Å². The van der Waals surface area contributed by atoms with Gasteiger partial charge in [-0.25, -0.2) is 0 Å². The Bertz CT molecular complexity index is 368. The van der Waals surface area contributed by atoms with E-state index in [4.69, 9.17) is 0 Å². The molecule has 0 bridgehead atoms. The fourth-order valence-corrected chi connectivity index (χ4v) is 2.86. The van der Waals surface area contributed by atoms with Gasteiger partial charge >= 0.3 is 0 Å². The highest BCUT2D eigenvalue weighted by Gasteiger charge is 2.21. The Balaban J connectivity index is 2.12. The highest BCUT2D eigenvalue weighted by Crippen LogP contribution is 2.34. The normalized spacial score (nSPS) is 24.5. The minimum absolute atomic E-state index is 0.190. The van der Waals surface area contributed by atoms with Crippen molar-refractivity contribution in [3.63, 3.8) is 0 Å². The average Bonchev–Trinajstić information content (AvgIpc) is 2.62. The van der Waals surface area contributed by atoms with Gasteiger partial charge in [-0.05, 0) is 60.8 Å². The lowest BCUT2D eigenvalue weighted by Gasteiger charge is -2.22. The summed E-state index contributed by atoms with van der Waals surface area (Å²) in [6, 6.07) is 4.61. The molecular formula is C13H16O. The topological polar surface area (TPSA) is 20.2 Å². The first-order chi connectivity index (χ1) is 6.84. The van der Waals surface area contributed by atoms with Crippen LogP contribution >= 0.6 is 0 Å². The Morgan fingerprint density at radius 3 is 2.50 bits per heavy atom. The fraction of sp³-hybridized carbons (Fsp3) is 0.538. The van der Waals surface area contributed by atoms with Gasteiger partial charge in [0, 0.05) is 0 Å². The van der Waals surface area contributed by atoms with Gasteiger partial charge in [-0.15, -0.1) is 0 Å². The van der Waals surface area contributed by atoms with Crippen LogP contribution in [0.25, 0.3) is 0 Å². The maximum absolute atomic E-state index is 9.89. The van der Waals surface area contributed by atoms with Gasteiger partial charge in [0.25, 0.3) is 0 Å². The first-order valence-electron chi connectivity index (χ1n) is 5.67. The van der Waals surface area contributed by atoms with Gasteiger partial charge in [-0.3, -0.25) is 0 Å². The lowest BCUT2D eigenvalue weighted by molar-refractivity contribution is 0.156. The largest absolute Gasteiger partial charge is 0.388 e. The summed E-state index contributed by atoms with van der Waals surface area (Å²) in [4.78, 5) is 0. The number of aryl methyl sites for hydroxylation is 3. The Kier molecular flexibility index (Phi) is 1.88. The van der Waals surface area contributed by atoms with Crippen LogP contribution in [0.2, 0.25) is 0 Å². The van der Waals surface area contributed by atoms with E-state index < -0.39 is 0 Å². The molecule has 0 spiro atoms. The number of benzene rings is 1. The van der Waals surface area contributed by atoms with E-state index >= 15 is 0 Å². The highest BCUT2D eigenvalue weighted by molar-refractivity contribution is 5.42. The molecule has 1 atom stereocenters. The van der Waals surface area contributed by atoms with E-state index in [1.807, 2.05) is 0 Å². The van der Waals surface area contributed by atoms with Crippen molar-refractivity contribution in [2.45, 2.75) is 44.6 Å². The predicted octanol–water partition coefficient (Wildman–Crippen LogP) is 2.55. The molecule has 3 rings (SSSR count). The van der Waals surface area contributed by atoms with Crippen LogP contribution < -0.4 is 0 Å². The first kappa shape index (κ1) is 8.49. The molecule has 0 aliphatic heterocycles. The molecule has 2 aliphatic rings. The average molecular weight is 188 g/mol. The summed E-state index contributed by atoms with van der Waals surface area (Å²) in [6.45, 7) is 0. The van der Waals surface area contributed by atoms with Crippen molar-refractivity contribution in [1.29, 1.82) is 0 Å². The smallest absolute Gasteiger partial charge is 0.0792 e. The van der Waals surface area contributed by atoms with Gasteiger partial charge in [-0.2, -0.15) is 0 Å². The van der Waals surface area contributed by atoms with Gasteiger partial charge in [-0.1, -0.05) is 12.1 Å². The summed E-state index contributed by atoms with van der Waals surface area (Å²) in [6.07, 6.45) is 6.84. The second-order valence-corrected chi connectivity index (χ2v) is 4.58. The molecule has 74 valence electrons. The van der Waals surface area contributed by atoms with Crippen molar-refractivity contribution in [1.82, 2.24) is 0 Å². The van der Waals surface area contributed by atoms with E-state index in [0.717, 1.165) is 12.8 Å². The van der Waals surface area contributed by atoms with Crippen LogP contribution in [0.5, 0.6) is 0 Å². The van der Waals surface area contributed by atoms with Crippen molar-refractivity contribution in [3.8, 4) is 0 Å². The van der Waals surface area contributed by atoms with E-state index in [-0.39, 0.29) is 6.10 Å². The minimum Gasteiger partial charge on any atom is -0.388 e. The Hall–Kier alpha value is -0.820. The van der Waals surface area contributed by atoms with Crippen molar-refractivity contribution in [2.75, 3.05) is 0 Å². The van der Waals surface area contributed by atoms with Gasteiger partial charge in [0.15, 0.2) is 0 Å².